The molecule has 0 aliphatic heterocycles. The predicted molar refractivity (Wildman–Crippen MR) is 91.4 cm³/mol. The maximum absolute atomic E-state index is 12.1. The third-order valence-electron chi connectivity index (χ3n) is 3.47. The van der Waals surface area contributed by atoms with Gasteiger partial charge in [0.2, 0.25) is 0 Å². The molecule has 0 bridgehead atoms. The van der Waals surface area contributed by atoms with E-state index in [9.17, 15) is 4.79 Å². The van der Waals surface area contributed by atoms with Crippen molar-refractivity contribution in [1.82, 2.24) is 9.97 Å². The van der Waals surface area contributed by atoms with Crippen molar-refractivity contribution >= 4 is 10.9 Å². The number of hydrogen-bond acceptors (Lipinski definition) is 3. The van der Waals surface area contributed by atoms with Crippen LogP contribution in [0, 0.1) is 12.3 Å². The lowest BCUT2D eigenvalue weighted by molar-refractivity contribution is 0.313. The minimum Gasteiger partial charge on any atom is -0.494 e. The first-order valence-electron chi connectivity index (χ1n) is 7.44. The number of terminal acetylenes is 1. The number of para-hydroxylation sites is 1. The van der Waals surface area contributed by atoms with Gasteiger partial charge in [0.15, 0.2) is 0 Å². The van der Waals surface area contributed by atoms with E-state index < -0.39 is 0 Å². The van der Waals surface area contributed by atoms with Gasteiger partial charge < -0.3 is 9.72 Å². The molecule has 0 aliphatic carbocycles. The number of unbranched alkanes of at least 4 members (excludes halogenated alkanes) is 1. The lowest BCUT2D eigenvalue weighted by atomic mass is 10.2. The number of rotatable bonds is 5. The molecule has 0 aliphatic rings. The Hall–Kier alpha value is -3.06. The van der Waals surface area contributed by atoms with E-state index in [2.05, 4.69) is 15.9 Å². The van der Waals surface area contributed by atoms with Gasteiger partial charge in [-0.05, 0) is 42.8 Å². The van der Waals surface area contributed by atoms with Crippen LogP contribution in [0.1, 0.15) is 12.8 Å². The first kappa shape index (κ1) is 14.9. The molecular weight excluding hydrogens is 288 g/mol. The van der Waals surface area contributed by atoms with Crippen molar-refractivity contribution < 1.29 is 4.74 Å². The smallest absolute Gasteiger partial charge is 0.259 e. The molecule has 1 N–H and O–H groups in total. The SMILES string of the molecule is C#CCCCOc1ccc(-c2nc3ccccc3c(=O)[nH]2)cc1. The summed E-state index contributed by atoms with van der Waals surface area (Å²) in [5.41, 5.74) is 1.38. The summed E-state index contributed by atoms with van der Waals surface area (Å²) >= 11 is 0. The third-order valence-corrected chi connectivity index (χ3v) is 3.47. The van der Waals surface area contributed by atoms with Crippen LogP contribution in [-0.4, -0.2) is 16.6 Å². The highest BCUT2D eigenvalue weighted by molar-refractivity contribution is 5.79. The van der Waals surface area contributed by atoms with Crippen LogP contribution in [0.25, 0.3) is 22.3 Å². The van der Waals surface area contributed by atoms with E-state index in [1.54, 1.807) is 6.07 Å². The predicted octanol–water partition coefficient (Wildman–Crippen LogP) is 3.38. The molecule has 4 nitrogen and oxygen atoms in total. The molecule has 2 aromatic carbocycles. The Balaban J connectivity index is 1.82. The van der Waals surface area contributed by atoms with Crippen LogP contribution in [0.3, 0.4) is 0 Å². The molecule has 0 saturated carbocycles. The summed E-state index contributed by atoms with van der Waals surface area (Å²) in [6.45, 7) is 0.592. The normalized spacial score (nSPS) is 10.4. The van der Waals surface area contributed by atoms with Gasteiger partial charge in [0.05, 0.1) is 17.5 Å². The summed E-state index contributed by atoms with van der Waals surface area (Å²) in [5.74, 6) is 3.90. The summed E-state index contributed by atoms with van der Waals surface area (Å²) in [6.07, 6.45) is 6.74. The van der Waals surface area contributed by atoms with E-state index in [1.807, 2.05) is 42.5 Å². The molecule has 0 atom stereocenters. The second-order valence-electron chi connectivity index (χ2n) is 5.11. The van der Waals surface area contributed by atoms with Crippen LogP contribution in [-0.2, 0) is 0 Å². The number of H-pyrrole nitrogens is 1. The second kappa shape index (κ2) is 6.80. The van der Waals surface area contributed by atoms with Gasteiger partial charge in [0, 0.05) is 12.0 Å². The van der Waals surface area contributed by atoms with Gasteiger partial charge >= 0.3 is 0 Å². The molecule has 0 fully saturated rings. The molecule has 3 rings (SSSR count). The zero-order chi connectivity index (χ0) is 16.1. The van der Waals surface area contributed by atoms with E-state index in [4.69, 9.17) is 11.2 Å². The molecule has 0 amide bonds. The van der Waals surface area contributed by atoms with Crippen molar-refractivity contribution in [3.63, 3.8) is 0 Å². The minimum atomic E-state index is -0.139. The standard InChI is InChI=1S/C19H16N2O2/c1-2-3-6-13-23-15-11-9-14(10-12-15)18-20-17-8-5-4-7-16(17)19(22)21-18/h1,4-5,7-12H,3,6,13H2,(H,20,21,22). The van der Waals surface area contributed by atoms with Gasteiger partial charge in [-0.15, -0.1) is 12.3 Å². The largest absolute Gasteiger partial charge is 0.494 e. The fourth-order valence-corrected chi connectivity index (χ4v) is 2.30. The van der Waals surface area contributed by atoms with E-state index >= 15 is 0 Å². The number of aromatic amines is 1. The number of nitrogens with zero attached hydrogens (tertiary/aromatic N) is 1. The number of ether oxygens (including phenoxy) is 1. The molecule has 1 aromatic heterocycles. The molecule has 0 spiro atoms. The van der Waals surface area contributed by atoms with Crippen LogP contribution in [0.2, 0.25) is 0 Å². The highest BCUT2D eigenvalue weighted by atomic mass is 16.5. The van der Waals surface area contributed by atoms with Crippen molar-refractivity contribution in [2.45, 2.75) is 12.8 Å². The molecule has 1 heterocycles. The number of fused-ring (bicyclic) bond motifs is 1. The molecule has 23 heavy (non-hydrogen) atoms. The highest BCUT2D eigenvalue weighted by Gasteiger charge is 2.05. The monoisotopic (exact) mass is 304 g/mol. The van der Waals surface area contributed by atoms with Crippen molar-refractivity contribution in [2.75, 3.05) is 6.61 Å². The minimum absolute atomic E-state index is 0.139. The Kier molecular flexibility index (Phi) is 4.39. The Morgan fingerprint density at radius 1 is 1.13 bits per heavy atom. The van der Waals surface area contributed by atoms with E-state index in [0.29, 0.717) is 29.8 Å². The Bertz CT molecular complexity index is 905. The first-order valence-corrected chi connectivity index (χ1v) is 7.44. The maximum Gasteiger partial charge on any atom is 0.259 e. The van der Waals surface area contributed by atoms with Gasteiger partial charge in [-0.1, -0.05) is 12.1 Å². The third kappa shape index (κ3) is 3.41. The van der Waals surface area contributed by atoms with Crippen molar-refractivity contribution in [3.8, 4) is 29.5 Å². The number of hydrogen-bond donors (Lipinski definition) is 1. The number of benzene rings is 2. The summed E-state index contributed by atoms with van der Waals surface area (Å²) in [7, 11) is 0. The average Bonchev–Trinajstić information content (AvgIpc) is 2.59. The summed E-state index contributed by atoms with van der Waals surface area (Å²) < 4.78 is 5.61. The van der Waals surface area contributed by atoms with Gasteiger partial charge in [-0.25, -0.2) is 4.98 Å². The van der Waals surface area contributed by atoms with Crippen molar-refractivity contribution in [2.24, 2.45) is 0 Å². The fourth-order valence-electron chi connectivity index (χ4n) is 2.30. The molecular formula is C19H16N2O2. The van der Waals surface area contributed by atoms with Crippen molar-refractivity contribution in [1.29, 1.82) is 0 Å². The molecule has 0 unspecified atom stereocenters. The van der Waals surface area contributed by atoms with E-state index in [1.165, 1.54) is 0 Å². The first-order chi connectivity index (χ1) is 11.3. The van der Waals surface area contributed by atoms with Gasteiger partial charge in [0.1, 0.15) is 11.6 Å². The average molecular weight is 304 g/mol. The summed E-state index contributed by atoms with van der Waals surface area (Å²) in [4.78, 5) is 19.4. The zero-order valence-electron chi connectivity index (χ0n) is 12.6. The Morgan fingerprint density at radius 2 is 1.91 bits per heavy atom. The van der Waals surface area contributed by atoms with Crippen LogP contribution >= 0.6 is 0 Å². The summed E-state index contributed by atoms with van der Waals surface area (Å²) in [6, 6.07) is 14.8. The van der Waals surface area contributed by atoms with Crippen LogP contribution < -0.4 is 10.3 Å². The lowest BCUT2D eigenvalue weighted by Gasteiger charge is -2.07. The zero-order valence-corrected chi connectivity index (χ0v) is 12.6. The van der Waals surface area contributed by atoms with E-state index in [0.717, 1.165) is 17.7 Å². The lowest BCUT2D eigenvalue weighted by Crippen LogP contribution is -2.09. The molecule has 3 aromatic rings. The Morgan fingerprint density at radius 3 is 2.70 bits per heavy atom. The van der Waals surface area contributed by atoms with E-state index in [-0.39, 0.29) is 5.56 Å². The topological polar surface area (TPSA) is 55.0 Å². The van der Waals surface area contributed by atoms with Crippen molar-refractivity contribution in [3.05, 3.63) is 58.9 Å². The highest BCUT2D eigenvalue weighted by Crippen LogP contribution is 2.20. The molecule has 4 heteroatoms. The Labute approximate surface area is 134 Å². The number of nitrogens with one attached hydrogen (secondary N) is 1. The second-order valence-corrected chi connectivity index (χ2v) is 5.11. The molecule has 0 saturated heterocycles. The quantitative estimate of drug-likeness (QED) is 0.581. The van der Waals surface area contributed by atoms with Gasteiger partial charge in [-0.2, -0.15) is 0 Å². The van der Waals surface area contributed by atoms with Gasteiger partial charge in [0.25, 0.3) is 5.56 Å². The van der Waals surface area contributed by atoms with Crippen LogP contribution in [0.5, 0.6) is 5.75 Å². The molecule has 0 radical (unpaired) electrons. The molecule has 114 valence electrons. The van der Waals surface area contributed by atoms with Crippen LogP contribution in [0.15, 0.2) is 53.3 Å². The number of aromatic nitrogens is 2. The fraction of sp³-hybridized carbons (Fsp3) is 0.158. The van der Waals surface area contributed by atoms with Crippen LogP contribution in [0.4, 0.5) is 0 Å². The maximum atomic E-state index is 12.1. The van der Waals surface area contributed by atoms with Gasteiger partial charge in [-0.3, -0.25) is 4.79 Å². The summed E-state index contributed by atoms with van der Waals surface area (Å²) in [5, 5.41) is 0.588.